The van der Waals surface area contributed by atoms with Crippen molar-refractivity contribution in [3.05, 3.63) is 103 Å². The largest absolute Gasteiger partial charge is 0.291 e. The van der Waals surface area contributed by atoms with Crippen molar-refractivity contribution < 1.29 is 4.84 Å². The highest BCUT2D eigenvalue weighted by Crippen LogP contribution is 2.42. The number of rotatable bonds is 5. The molecule has 1 aliphatic heterocycles. The van der Waals surface area contributed by atoms with Gasteiger partial charge in [0.15, 0.2) is 0 Å². The minimum Gasteiger partial charge on any atom is -0.291 e. The molecule has 0 bridgehead atoms. The highest BCUT2D eigenvalue weighted by molar-refractivity contribution is 5.83. The lowest BCUT2D eigenvalue weighted by molar-refractivity contribution is -0.165. The smallest absolute Gasteiger partial charge is 0.137 e. The number of aromatic nitrogens is 3. The first kappa shape index (κ1) is 18.7. The van der Waals surface area contributed by atoms with Crippen molar-refractivity contribution in [2.45, 2.75) is 24.6 Å². The van der Waals surface area contributed by atoms with Crippen LogP contribution in [-0.4, -0.2) is 33.0 Å². The zero-order valence-corrected chi connectivity index (χ0v) is 16.9. The zero-order chi connectivity index (χ0) is 20.4. The number of fused-ring (bicyclic) bond motifs is 1. The van der Waals surface area contributed by atoms with Crippen LogP contribution in [0.2, 0.25) is 0 Å². The van der Waals surface area contributed by atoms with Crippen LogP contribution in [0.25, 0.3) is 16.8 Å². The quantitative estimate of drug-likeness (QED) is 0.491. The Hall–Kier alpha value is -3.28. The first-order valence-corrected chi connectivity index (χ1v) is 10.2. The number of hydrogen-bond donors (Lipinski definition) is 0. The van der Waals surface area contributed by atoms with E-state index in [2.05, 4.69) is 76.8 Å². The molecular formula is C25H24N4O. The molecule has 0 saturated carbocycles. The van der Waals surface area contributed by atoms with E-state index in [1.807, 2.05) is 35.0 Å². The van der Waals surface area contributed by atoms with Crippen LogP contribution in [0.15, 0.2) is 91.5 Å². The summed E-state index contributed by atoms with van der Waals surface area (Å²) >= 11 is 0. The molecule has 4 aromatic rings. The minimum atomic E-state index is -0.344. The van der Waals surface area contributed by atoms with E-state index in [1.165, 1.54) is 21.9 Å². The molecule has 1 aliphatic rings. The average Bonchev–Trinajstić information content (AvgIpc) is 3.41. The summed E-state index contributed by atoms with van der Waals surface area (Å²) in [6, 6.07) is 25.4. The summed E-state index contributed by atoms with van der Waals surface area (Å²) in [6.07, 6.45) is 8.43. The van der Waals surface area contributed by atoms with Crippen molar-refractivity contribution in [1.29, 1.82) is 0 Å². The minimum absolute atomic E-state index is 0.0230. The molecule has 1 saturated heterocycles. The van der Waals surface area contributed by atoms with Crippen LogP contribution in [0.3, 0.4) is 0 Å². The molecule has 2 unspecified atom stereocenters. The third-order valence-corrected chi connectivity index (χ3v) is 5.92. The number of hydrogen-bond acceptors (Lipinski definition) is 4. The van der Waals surface area contributed by atoms with Gasteiger partial charge in [0, 0.05) is 13.5 Å². The Labute approximate surface area is 176 Å². The van der Waals surface area contributed by atoms with Gasteiger partial charge in [0.05, 0.1) is 18.2 Å². The predicted molar refractivity (Wildman–Crippen MR) is 118 cm³/mol. The standard InChI is InChI=1S/C25H24N4O/c1-28-25(17-29-19-26-18-27-29,23-13-12-21-9-5-6-10-22(21)15-23)16-24(30-28)14-11-20-7-3-2-4-8-20/h2-15,18-19,24H,16-17H2,1H3. The first-order chi connectivity index (χ1) is 14.7. The maximum atomic E-state index is 6.30. The van der Waals surface area contributed by atoms with Gasteiger partial charge in [-0.2, -0.15) is 10.2 Å². The number of likely N-dealkylation sites (N-methyl/N-ethyl adjacent to an activating group) is 1. The maximum absolute atomic E-state index is 6.30. The van der Waals surface area contributed by atoms with Crippen molar-refractivity contribution in [3.63, 3.8) is 0 Å². The summed E-state index contributed by atoms with van der Waals surface area (Å²) in [5.74, 6) is 0. The van der Waals surface area contributed by atoms with E-state index < -0.39 is 0 Å². The highest BCUT2D eigenvalue weighted by atomic mass is 16.7. The molecule has 0 amide bonds. The first-order valence-electron chi connectivity index (χ1n) is 10.2. The maximum Gasteiger partial charge on any atom is 0.137 e. The molecule has 30 heavy (non-hydrogen) atoms. The molecule has 1 aromatic heterocycles. The second-order valence-electron chi connectivity index (χ2n) is 7.80. The van der Waals surface area contributed by atoms with Gasteiger partial charge in [0.1, 0.15) is 12.7 Å². The van der Waals surface area contributed by atoms with Gasteiger partial charge >= 0.3 is 0 Å². The van der Waals surface area contributed by atoms with E-state index in [9.17, 15) is 0 Å². The normalized spacial score (nSPS) is 22.2. The van der Waals surface area contributed by atoms with Crippen molar-refractivity contribution in [3.8, 4) is 0 Å². The van der Waals surface area contributed by atoms with E-state index in [0.29, 0.717) is 6.54 Å². The summed E-state index contributed by atoms with van der Waals surface area (Å²) in [5.41, 5.74) is 2.04. The van der Waals surface area contributed by atoms with Crippen LogP contribution < -0.4 is 0 Å². The molecule has 0 N–H and O–H groups in total. The number of hydroxylamine groups is 2. The monoisotopic (exact) mass is 396 g/mol. The Kier molecular flexibility index (Phi) is 4.91. The SMILES string of the molecule is CN1OC(C=Cc2ccccc2)CC1(Cn1cncn1)c1ccc2ccccc2c1. The Morgan fingerprint density at radius 3 is 2.63 bits per heavy atom. The molecule has 0 radical (unpaired) electrons. The van der Waals surface area contributed by atoms with E-state index in [0.717, 1.165) is 6.42 Å². The fourth-order valence-electron chi connectivity index (χ4n) is 4.30. The molecule has 5 rings (SSSR count). The second kappa shape index (κ2) is 7.86. The van der Waals surface area contributed by atoms with Gasteiger partial charge < -0.3 is 0 Å². The van der Waals surface area contributed by atoms with Crippen molar-refractivity contribution in [2.75, 3.05) is 7.05 Å². The van der Waals surface area contributed by atoms with Crippen molar-refractivity contribution in [2.24, 2.45) is 0 Å². The van der Waals surface area contributed by atoms with Gasteiger partial charge in [-0.1, -0.05) is 78.9 Å². The van der Waals surface area contributed by atoms with Crippen LogP contribution in [0.5, 0.6) is 0 Å². The lowest BCUT2D eigenvalue weighted by Gasteiger charge is -2.34. The van der Waals surface area contributed by atoms with Gasteiger partial charge in [-0.25, -0.2) is 4.98 Å². The van der Waals surface area contributed by atoms with Gasteiger partial charge in [0.2, 0.25) is 0 Å². The lowest BCUT2D eigenvalue weighted by atomic mass is 9.84. The van der Waals surface area contributed by atoms with Crippen molar-refractivity contribution in [1.82, 2.24) is 19.8 Å². The molecular weight excluding hydrogens is 372 g/mol. The lowest BCUT2D eigenvalue weighted by Crippen LogP contribution is -2.42. The Morgan fingerprint density at radius 2 is 1.83 bits per heavy atom. The third kappa shape index (κ3) is 3.54. The van der Waals surface area contributed by atoms with Crippen LogP contribution in [0, 0.1) is 0 Å². The molecule has 1 fully saturated rings. The molecule has 2 atom stereocenters. The van der Waals surface area contributed by atoms with Crippen LogP contribution in [-0.2, 0) is 16.9 Å². The predicted octanol–water partition coefficient (Wildman–Crippen LogP) is 4.68. The summed E-state index contributed by atoms with van der Waals surface area (Å²) in [6.45, 7) is 0.664. The molecule has 5 heteroatoms. The summed E-state index contributed by atoms with van der Waals surface area (Å²) in [5, 5.41) is 8.83. The van der Waals surface area contributed by atoms with E-state index in [-0.39, 0.29) is 11.6 Å². The molecule has 5 nitrogen and oxygen atoms in total. The van der Waals surface area contributed by atoms with Gasteiger partial charge in [0.25, 0.3) is 0 Å². The number of benzene rings is 3. The van der Waals surface area contributed by atoms with Gasteiger partial charge in [-0.15, -0.1) is 0 Å². The fraction of sp³-hybridized carbons (Fsp3) is 0.200. The third-order valence-electron chi connectivity index (χ3n) is 5.92. The second-order valence-corrected chi connectivity index (χ2v) is 7.80. The van der Waals surface area contributed by atoms with Crippen molar-refractivity contribution >= 4 is 16.8 Å². The molecule has 2 heterocycles. The summed E-state index contributed by atoms with van der Waals surface area (Å²) in [4.78, 5) is 10.4. The average molecular weight is 396 g/mol. The van der Waals surface area contributed by atoms with E-state index in [1.54, 1.807) is 12.7 Å². The molecule has 3 aromatic carbocycles. The van der Waals surface area contributed by atoms with Crippen LogP contribution in [0.4, 0.5) is 0 Å². The Morgan fingerprint density at radius 1 is 1.03 bits per heavy atom. The topological polar surface area (TPSA) is 43.2 Å². The Bertz CT molecular complexity index is 1160. The Balaban J connectivity index is 1.52. The summed E-state index contributed by atoms with van der Waals surface area (Å²) in [7, 11) is 2.02. The highest BCUT2D eigenvalue weighted by Gasteiger charge is 2.46. The number of nitrogens with zero attached hydrogens (tertiary/aromatic N) is 4. The van der Waals surface area contributed by atoms with Gasteiger partial charge in [-0.3, -0.25) is 9.52 Å². The summed E-state index contributed by atoms with van der Waals surface area (Å²) < 4.78 is 1.89. The van der Waals surface area contributed by atoms with Crippen LogP contribution in [0.1, 0.15) is 17.5 Å². The van der Waals surface area contributed by atoms with Gasteiger partial charge in [-0.05, 0) is 28.0 Å². The van der Waals surface area contributed by atoms with E-state index >= 15 is 0 Å². The zero-order valence-electron chi connectivity index (χ0n) is 16.9. The molecule has 0 aliphatic carbocycles. The fourth-order valence-corrected chi connectivity index (χ4v) is 4.30. The molecule has 0 spiro atoms. The molecule has 150 valence electrons. The van der Waals surface area contributed by atoms with Crippen LogP contribution >= 0.6 is 0 Å². The van der Waals surface area contributed by atoms with E-state index in [4.69, 9.17) is 4.84 Å².